The topological polar surface area (TPSA) is 101 Å². The molecule has 0 aliphatic heterocycles. The SMILES string of the molecule is CCCN(CC(=O)OC)C(=O)NCc1ccc(NC(=O)c2ccco2)cc1. The lowest BCUT2D eigenvalue weighted by atomic mass is 10.2. The average molecular weight is 373 g/mol. The van der Waals surface area contributed by atoms with Crippen molar-refractivity contribution in [1.82, 2.24) is 10.2 Å². The molecule has 1 aromatic heterocycles. The third-order valence-corrected chi connectivity index (χ3v) is 3.73. The number of urea groups is 1. The Bertz CT molecular complexity index is 756. The maximum absolute atomic E-state index is 12.2. The normalized spacial score (nSPS) is 10.1. The van der Waals surface area contributed by atoms with Crippen LogP contribution in [-0.2, 0) is 16.1 Å². The summed E-state index contributed by atoms with van der Waals surface area (Å²) in [6.07, 6.45) is 2.16. The number of carbonyl (C=O) groups is 3. The van der Waals surface area contributed by atoms with E-state index in [2.05, 4.69) is 15.4 Å². The molecule has 0 spiro atoms. The standard InChI is InChI=1S/C19H23N3O5/c1-3-10-22(13-17(23)26-2)19(25)20-12-14-6-8-15(9-7-14)21-18(24)16-5-4-11-27-16/h4-9,11H,3,10,12-13H2,1-2H3,(H,20,25)(H,21,24). The summed E-state index contributed by atoms with van der Waals surface area (Å²) in [5.74, 6) is -0.567. The number of amides is 3. The first-order valence-corrected chi connectivity index (χ1v) is 8.57. The number of nitrogens with zero attached hydrogens (tertiary/aromatic N) is 1. The molecular weight excluding hydrogens is 350 g/mol. The van der Waals surface area contributed by atoms with Crippen LogP contribution in [0, 0.1) is 0 Å². The largest absolute Gasteiger partial charge is 0.468 e. The highest BCUT2D eigenvalue weighted by Crippen LogP contribution is 2.12. The van der Waals surface area contributed by atoms with Crippen molar-refractivity contribution >= 4 is 23.6 Å². The molecule has 144 valence electrons. The minimum absolute atomic E-state index is 0.0894. The van der Waals surface area contributed by atoms with Gasteiger partial charge >= 0.3 is 12.0 Å². The van der Waals surface area contributed by atoms with Crippen LogP contribution in [0.5, 0.6) is 0 Å². The number of anilines is 1. The lowest BCUT2D eigenvalue weighted by Gasteiger charge is -2.21. The van der Waals surface area contributed by atoms with Crippen molar-refractivity contribution in [3.8, 4) is 0 Å². The smallest absolute Gasteiger partial charge is 0.325 e. The number of benzene rings is 1. The van der Waals surface area contributed by atoms with E-state index >= 15 is 0 Å². The zero-order valence-corrected chi connectivity index (χ0v) is 15.4. The monoisotopic (exact) mass is 373 g/mol. The van der Waals surface area contributed by atoms with E-state index in [1.54, 1.807) is 36.4 Å². The molecule has 2 rings (SSSR count). The van der Waals surface area contributed by atoms with E-state index in [0.717, 1.165) is 12.0 Å². The number of furan rings is 1. The molecule has 0 saturated carbocycles. The second-order valence-electron chi connectivity index (χ2n) is 5.78. The molecule has 0 atom stereocenters. The van der Waals surface area contributed by atoms with E-state index in [4.69, 9.17) is 4.42 Å². The van der Waals surface area contributed by atoms with E-state index in [1.165, 1.54) is 18.3 Å². The van der Waals surface area contributed by atoms with Crippen molar-refractivity contribution in [3.63, 3.8) is 0 Å². The molecule has 2 N–H and O–H groups in total. The number of ether oxygens (including phenoxy) is 1. The first kappa shape index (κ1) is 20.0. The van der Waals surface area contributed by atoms with Gasteiger partial charge in [-0.15, -0.1) is 0 Å². The van der Waals surface area contributed by atoms with Gasteiger partial charge in [0.15, 0.2) is 5.76 Å². The van der Waals surface area contributed by atoms with Crippen LogP contribution in [-0.4, -0.2) is 43.0 Å². The zero-order chi connectivity index (χ0) is 19.6. The Morgan fingerprint density at radius 2 is 1.89 bits per heavy atom. The number of hydrogen-bond donors (Lipinski definition) is 2. The van der Waals surface area contributed by atoms with Gasteiger partial charge < -0.3 is 24.7 Å². The summed E-state index contributed by atoms with van der Waals surface area (Å²) < 4.78 is 9.65. The van der Waals surface area contributed by atoms with E-state index < -0.39 is 5.97 Å². The van der Waals surface area contributed by atoms with Crippen LogP contribution < -0.4 is 10.6 Å². The van der Waals surface area contributed by atoms with Crippen LogP contribution in [0.2, 0.25) is 0 Å². The number of esters is 1. The van der Waals surface area contributed by atoms with Crippen LogP contribution in [0.25, 0.3) is 0 Å². The maximum Gasteiger partial charge on any atom is 0.325 e. The molecule has 0 aliphatic rings. The fraction of sp³-hybridized carbons (Fsp3) is 0.316. The summed E-state index contributed by atoms with van der Waals surface area (Å²) >= 11 is 0. The minimum Gasteiger partial charge on any atom is -0.468 e. The number of carbonyl (C=O) groups excluding carboxylic acids is 3. The van der Waals surface area contributed by atoms with Crippen LogP contribution in [0.1, 0.15) is 29.5 Å². The Morgan fingerprint density at radius 1 is 1.15 bits per heavy atom. The quantitative estimate of drug-likeness (QED) is 0.693. The fourth-order valence-electron chi connectivity index (χ4n) is 2.34. The Labute approximate surface area is 157 Å². The highest BCUT2D eigenvalue weighted by atomic mass is 16.5. The average Bonchev–Trinajstić information content (AvgIpc) is 3.21. The number of hydrogen-bond acceptors (Lipinski definition) is 5. The molecule has 1 heterocycles. The molecule has 3 amide bonds. The van der Waals surface area contributed by atoms with Crippen LogP contribution in [0.3, 0.4) is 0 Å². The lowest BCUT2D eigenvalue weighted by molar-refractivity contribution is -0.141. The van der Waals surface area contributed by atoms with E-state index in [0.29, 0.717) is 18.8 Å². The van der Waals surface area contributed by atoms with Crippen molar-refractivity contribution in [2.75, 3.05) is 25.5 Å². The van der Waals surface area contributed by atoms with Gasteiger partial charge in [-0.25, -0.2) is 4.79 Å². The highest BCUT2D eigenvalue weighted by molar-refractivity contribution is 6.02. The van der Waals surface area contributed by atoms with Gasteiger partial charge in [0.1, 0.15) is 6.54 Å². The molecule has 0 bridgehead atoms. The van der Waals surface area contributed by atoms with Gasteiger partial charge in [0, 0.05) is 18.8 Å². The Hall–Kier alpha value is -3.29. The summed E-state index contributed by atoms with van der Waals surface area (Å²) in [5.41, 5.74) is 1.47. The number of rotatable bonds is 8. The van der Waals surface area contributed by atoms with Crippen LogP contribution >= 0.6 is 0 Å². The Kier molecular flexibility index (Phi) is 7.42. The van der Waals surface area contributed by atoms with Gasteiger partial charge in [-0.2, -0.15) is 0 Å². The first-order valence-electron chi connectivity index (χ1n) is 8.57. The Morgan fingerprint density at radius 3 is 2.48 bits per heavy atom. The summed E-state index contributed by atoms with van der Waals surface area (Å²) in [5, 5.41) is 5.49. The molecule has 2 aromatic rings. The summed E-state index contributed by atoms with van der Waals surface area (Å²) in [6.45, 7) is 2.59. The van der Waals surface area contributed by atoms with Crippen molar-refractivity contribution < 1.29 is 23.5 Å². The van der Waals surface area contributed by atoms with Gasteiger partial charge in [-0.1, -0.05) is 19.1 Å². The van der Waals surface area contributed by atoms with Crippen LogP contribution in [0.15, 0.2) is 47.1 Å². The highest BCUT2D eigenvalue weighted by Gasteiger charge is 2.16. The molecule has 0 saturated heterocycles. The van der Waals surface area contributed by atoms with E-state index in [-0.39, 0.29) is 24.2 Å². The van der Waals surface area contributed by atoms with Crippen LogP contribution in [0.4, 0.5) is 10.5 Å². The minimum atomic E-state index is -0.463. The molecule has 0 aliphatic carbocycles. The third-order valence-electron chi connectivity index (χ3n) is 3.73. The maximum atomic E-state index is 12.2. The fourth-order valence-corrected chi connectivity index (χ4v) is 2.34. The van der Waals surface area contributed by atoms with Crippen molar-refractivity contribution in [2.24, 2.45) is 0 Å². The predicted octanol–water partition coefficient (Wildman–Crippen LogP) is 2.63. The van der Waals surface area contributed by atoms with Gasteiger partial charge in [-0.05, 0) is 36.2 Å². The zero-order valence-electron chi connectivity index (χ0n) is 15.4. The van der Waals surface area contributed by atoms with Crippen molar-refractivity contribution in [1.29, 1.82) is 0 Å². The number of methoxy groups -OCH3 is 1. The molecule has 0 unspecified atom stereocenters. The van der Waals surface area contributed by atoms with E-state index in [9.17, 15) is 14.4 Å². The predicted molar refractivity (Wildman–Crippen MR) is 99.2 cm³/mol. The van der Waals surface area contributed by atoms with Gasteiger partial charge in [0.05, 0.1) is 13.4 Å². The molecule has 0 fully saturated rings. The summed E-state index contributed by atoms with van der Waals surface area (Å²) in [7, 11) is 1.29. The molecule has 8 heteroatoms. The third kappa shape index (κ3) is 6.18. The second kappa shape index (κ2) is 10.0. The molecule has 27 heavy (non-hydrogen) atoms. The van der Waals surface area contributed by atoms with Gasteiger partial charge in [0.2, 0.25) is 0 Å². The van der Waals surface area contributed by atoms with Gasteiger partial charge in [-0.3, -0.25) is 9.59 Å². The number of nitrogens with one attached hydrogen (secondary N) is 2. The summed E-state index contributed by atoms with van der Waals surface area (Å²) in [4.78, 5) is 37.0. The molecule has 8 nitrogen and oxygen atoms in total. The second-order valence-corrected chi connectivity index (χ2v) is 5.78. The molecular formula is C19H23N3O5. The summed E-state index contributed by atoms with van der Waals surface area (Å²) in [6, 6.07) is 9.95. The molecule has 0 radical (unpaired) electrons. The van der Waals surface area contributed by atoms with Crippen molar-refractivity contribution in [2.45, 2.75) is 19.9 Å². The molecule has 1 aromatic carbocycles. The van der Waals surface area contributed by atoms with Gasteiger partial charge in [0.25, 0.3) is 5.91 Å². The Balaban J connectivity index is 1.87. The van der Waals surface area contributed by atoms with Crippen molar-refractivity contribution in [3.05, 3.63) is 54.0 Å². The lowest BCUT2D eigenvalue weighted by Crippen LogP contribution is -2.43. The first-order chi connectivity index (χ1) is 13.0. The van der Waals surface area contributed by atoms with E-state index in [1.807, 2.05) is 6.92 Å².